The van der Waals surface area contributed by atoms with Crippen molar-refractivity contribution >= 4 is 11.8 Å². The molecule has 0 aliphatic carbocycles. The van der Waals surface area contributed by atoms with Crippen molar-refractivity contribution < 1.29 is 18.7 Å². The molecule has 0 radical (unpaired) electrons. The molecule has 0 spiro atoms. The van der Waals surface area contributed by atoms with Crippen LogP contribution in [0.5, 0.6) is 5.75 Å². The predicted octanol–water partition coefficient (Wildman–Crippen LogP) is 2.70. The summed E-state index contributed by atoms with van der Waals surface area (Å²) in [6.07, 6.45) is -0.896. The zero-order chi connectivity index (χ0) is 15.3. The fraction of sp³-hybridized carbons (Fsp3) is 0.500. The van der Waals surface area contributed by atoms with E-state index in [0.717, 1.165) is 0 Å². The molecule has 1 aromatic carbocycles. The SMILES string of the molecule is CC(CNC(=O)OC(C)(C)C)Oc1cc(F)ccc1N. The number of alkyl carbamates (subject to hydrolysis) is 1. The van der Waals surface area contributed by atoms with Crippen LogP contribution in [0.3, 0.4) is 0 Å². The third kappa shape index (κ3) is 5.77. The number of carbonyl (C=O) groups is 1. The molecule has 6 heteroatoms. The van der Waals surface area contributed by atoms with Gasteiger partial charge in [-0.1, -0.05) is 0 Å². The number of halogens is 1. The lowest BCUT2D eigenvalue weighted by Gasteiger charge is -2.21. The first-order chi connectivity index (χ1) is 9.17. The van der Waals surface area contributed by atoms with Gasteiger partial charge in [0.15, 0.2) is 0 Å². The summed E-state index contributed by atoms with van der Waals surface area (Å²) < 4.78 is 23.6. The largest absolute Gasteiger partial charge is 0.487 e. The fourth-order valence-corrected chi connectivity index (χ4v) is 1.41. The molecule has 3 N–H and O–H groups in total. The van der Waals surface area contributed by atoms with Gasteiger partial charge in [-0.25, -0.2) is 9.18 Å². The van der Waals surface area contributed by atoms with Crippen molar-refractivity contribution in [3.05, 3.63) is 24.0 Å². The molecule has 20 heavy (non-hydrogen) atoms. The second kappa shape index (κ2) is 6.45. The number of benzene rings is 1. The van der Waals surface area contributed by atoms with E-state index in [9.17, 15) is 9.18 Å². The lowest BCUT2D eigenvalue weighted by atomic mass is 10.2. The van der Waals surface area contributed by atoms with E-state index in [1.54, 1.807) is 27.7 Å². The number of carbonyl (C=O) groups excluding carboxylic acids is 1. The molecule has 5 nitrogen and oxygen atoms in total. The maximum absolute atomic E-state index is 13.1. The summed E-state index contributed by atoms with van der Waals surface area (Å²) in [5, 5.41) is 2.57. The van der Waals surface area contributed by atoms with Crippen molar-refractivity contribution in [3.8, 4) is 5.75 Å². The van der Waals surface area contributed by atoms with E-state index in [1.807, 2.05) is 0 Å². The lowest BCUT2D eigenvalue weighted by Crippen LogP contribution is -2.37. The molecule has 0 bridgehead atoms. The summed E-state index contributed by atoms with van der Waals surface area (Å²) in [7, 11) is 0. The maximum Gasteiger partial charge on any atom is 0.407 e. The van der Waals surface area contributed by atoms with Gasteiger partial charge in [0.2, 0.25) is 0 Å². The molecule has 0 saturated heterocycles. The number of hydrogen-bond acceptors (Lipinski definition) is 4. The van der Waals surface area contributed by atoms with Crippen LogP contribution in [0.1, 0.15) is 27.7 Å². The van der Waals surface area contributed by atoms with Crippen LogP contribution in [0.15, 0.2) is 18.2 Å². The number of rotatable bonds is 4. The first-order valence-corrected chi connectivity index (χ1v) is 6.36. The molecule has 0 saturated carbocycles. The molecule has 1 rings (SSSR count). The highest BCUT2D eigenvalue weighted by atomic mass is 19.1. The Bertz CT molecular complexity index is 472. The van der Waals surface area contributed by atoms with Gasteiger partial charge in [-0.05, 0) is 39.8 Å². The summed E-state index contributed by atoms with van der Waals surface area (Å²) in [5.74, 6) is -0.176. The van der Waals surface area contributed by atoms with Gasteiger partial charge in [-0.3, -0.25) is 0 Å². The highest BCUT2D eigenvalue weighted by Crippen LogP contribution is 2.23. The summed E-state index contributed by atoms with van der Waals surface area (Å²) in [6, 6.07) is 3.89. The standard InChI is InChI=1S/C14H21FN2O3/c1-9(8-17-13(18)20-14(2,3)4)19-12-7-10(15)5-6-11(12)16/h5-7,9H,8,16H2,1-4H3,(H,17,18). The van der Waals surface area contributed by atoms with Crippen molar-refractivity contribution in [2.75, 3.05) is 12.3 Å². The van der Waals surface area contributed by atoms with Gasteiger partial charge in [0.05, 0.1) is 12.2 Å². The second-order valence-electron chi connectivity index (χ2n) is 5.49. The zero-order valence-corrected chi connectivity index (χ0v) is 12.2. The average Bonchev–Trinajstić information content (AvgIpc) is 2.29. The third-order valence-electron chi connectivity index (χ3n) is 2.24. The van der Waals surface area contributed by atoms with Crippen LogP contribution in [0, 0.1) is 5.82 Å². The highest BCUT2D eigenvalue weighted by molar-refractivity contribution is 5.67. The molecule has 112 valence electrons. The van der Waals surface area contributed by atoms with Crippen LogP contribution < -0.4 is 15.8 Å². The van der Waals surface area contributed by atoms with Gasteiger partial charge in [0, 0.05) is 6.07 Å². The minimum Gasteiger partial charge on any atom is -0.487 e. The van der Waals surface area contributed by atoms with Crippen molar-refractivity contribution in [2.45, 2.75) is 39.4 Å². The molecule has 0 aliphatic heterocycles. The van der Waals surface area contributed by atoms with Gasteiger partial charge >= 0.3 is 6.09 Å². The van der Waals surface area contributed by atoms with E-state index in [-0.39, 0.29) is 18.4 Å². The lowest BCUT2D eigenvalue weighted by molar-refractivity contribution is 0.0505. The Kier molecular flexibility index (Phi) is 5.19. The second-order valence-corrected chi connectivity index (χ2v) is 5.49. The van der Waals surface area contributed by atoms with E-state index < -0.39 is 17.5 Å². The topological polar surface area (TPSA) is 73.6 Å². The van der Waals surface area contributed by atoms with Crippen molar-refractivity contribution in [1.29, 1.82) is 0 Å². The summed E-state index contributed by atoms with van der Waals surface area (Å²) in [5.41, 5.74) is 5.46. The zero-order valence-electron chi connectivity index (χ0n) is 12.2. The van der Waals surface area contributed by atoms with E-state index in [1.165, 1.54) is 18.2 Å². The Labute approximate surface area is 118 Å². The normalized spacial score (nSPS) is 12.7. The Hall–Kier alpha value is -1.98. The smallest absolute Gasteiger partial charge is 0.407 e. The Balaban J connectivity index is 2.46. The summed E-state index contributed by atoms with van der Waals surface area (Å²) in [4.78, 5) is 11.5. The van der Waals surface area contributed by atoms with Crippen LogP contribution in [-0.4, -0.2) is 24.3 Å². The van der Waals surface area contributed by atoms with Crippen molar-refractivity contribution in [3.63, 3.8) is 0 Å². The Morgan fingerprint density at radius 1 is 1.45 bits per heavy atom. The number of anilines is 1. The van der Waals surface area contributed by atoms with Crippen molar-refractivity contribution in [2.24, 2.45) is 0 Å². The van der Waals surface area contributed by atoms with Crippen LogP contribution in [0.25, 0.3) is 0 Å². The fourth-order valence-electron chi connectivity index (χ4n) is 1.41. The monoisotopic (exact) mass is 284 g/mol. The van der Waals surface area contributed by atoms with Crippen LogP contribution in [-0.2, 0) is 4.74 Å². The molecular formula is C14H21FN2O3. The van der Waals surface area contributed by atoms with Crippen LogP contribution >= 0.6 is 0 Å². The molecule has 0 heterocycles. The molecule has 0 aromatic heterocycles. The van der Waals surface area contributed by atoms with E-state index >= 15 is 0 Å². The summed E-state index contributed by atoms with van der Waals surface area (Å²) in [6.45, 7) is 7.30. The molecular weight excluding hydrogens is 263 g/mol. The Morgan fingerprint density at radius 2 is 2.10 bits per heavy atom. The van der Waals surface area contributed by atoms with Crippen LogP contribution in [0.4, 0.5) is 14.9 Å². The molecule has 1 aromatic rings. The van der Waals surface area contributed by atoms with Gasteiger partial charge in [-0.2, -0.15) is 0 Å². The van der Waals surface area contributed by atoms with E-state index in [0.29, 0.717) is 5.69 Å². The number of amides is 1. The first-order valence-electron chi connectivity index (χ1n) is 6.36. The predicted molar refractivity (Wildman–Crippen MR) is 75.1 cm³/mol. The minimum absolute atomic E-state index is 0.227. The van der Waals surface area contributed by atoms with E-state index in [4.69, 9.17) is 15.2 Å². The summed E-state index contributed by atoms with van der Waals surface area (Å²) >= 11 is 0. The molecule has 1 amide bonds. The molecule has 0 fully saturated rings. The van der Waals surface area contributed by atoms with Gasteiger partial charge < -0.3 is 20.5 Å². The number of ether oxygens (including phenoxy) is 2. The first kappa shape index (κ1) is 16.1. The van der Waals surface area contributed by atoms with E-state index in [2.05, 4.69) is 5.32 Å². The average molecular weight is 284 g/mol. The van der Waals surface area contributed by atoms with Gasteiger partial charge in [0.25, 0.3) is 0 Å². The molecule has 1 atom stereocenters. The molecule has 1 unspecified atom stereocenters. The number of nitrogens with two attached hydrogens (primary N) is 1. The number of nitrogen functional groups attached to an aromatic ring is 1. The third-order valence-corrected chi connectivity index (χ3v) is 2.24. The quantitative estimate of drug-likeness (QED) is 0.834. The van der Waals surface area contributed by atoms with Crippen LogP contribution in [0.2, 0.25) is 0 Å². The highest BCUT2D eigenvalue weighted by Gasteiger charge is 2.17. The number of hydrogen-bond donors (Lipinski definition) is 2. The molecule has 0 aliphatic rings. The van der Waals surface area contributed by atoms with Gasteiger partial charge in [-0.15, -0.1) is 0 Å². The van der Waals surface area contributed by atoms with Crippen molar-refractivity contribution in [1.82, 2.24) is 5.32 Å². The Morgan fingerprint density at radius 3 is 2.70 bits per heavy atom. The van der Waals surface area contributed by atoms with Gasteiger partial charge in [0.1, 0.15) is 23.3 Å². The maximum atomic E-state index is 13.1. The minimum atomic E-state index is -0.554. The number of nitrogens with one attached hydrogen (secondary N) is 1.